The number of hydrogen-bond donors (Lipinski definition) is 1. The lowest BCUT2D eigenvalue weighted by molar-refractivity contribution is 0.125. The predicted octanol–water partition coefficient (Wildman–Crippen LogP) is 3.18. The van der Waals surface area contributed by atoms with Gasteiger partial charge < -0.3 is 10.1 Å². The van der Waals surface area contributed by atoms with Crippen molar-refractivity contribution in [1.29, 1.82) is 0 Å². The first-order valence-electron chi connectivity index (χ1n) is 6.51. The smallest absolute Gasteiger partial charge is 0.0661 e. The van der Waals surface area contributed by atoms with Gasteiger partial charge in [-0.05, 0) is 37.4 Å². The molecule has 0 bridgehead atoms. The van der Waals surface area contributed by atoms with Crippen LogP contribution in [0.1, 0.15) is 37.9 Å². The Bertz CT molecular complexity index is 305. The molecule has 0 fully saturated rings. The van der Waals surface area contributed by atoms with E-state index in [4.69, 9.17) is 4.74 Å². The van der Waals surface area contributed by atoms with Gasteiger partial charge in [0, 0.05) is 6.61 Å². The quantitative estimate of drug-likeness (QED) is 0.783. The third-order valence-electron chi connectivity index (χ3n) is 2.86. The van der Waals surface area contributed by atoms with Gasteiger partial charge >= 0.3 is 0 Å². The Labute approximate surface area is 105 Å². The van der Waals surface area contributed by atoms with E-state index >= 15 is 0 Å². The lowest BCUT2D eigenvalue weighted by Gasteiger charge is -2.17. The number of ether oxygens (including phenoxy) is 1. The molecule has 0 radical (unpaired) electrons. The SMILES string of the molecule is CCOCC(NC)c1ccc(CC(C)C)cc1. The van der Waals surface area contributed by atoms with E-state index in [9.17, 15) is 0 Å². The number of rotatable bonds is 7. The summed E-state index contributed by atoms with van der Waals surface area (Å²) in [5.41, 5.74) is 2.71. The van der Waals surface area contributed by atoms with Crippen molar-refractivity contribution in [2.75, 3.05) is 20.3 Å². The highest BCUT2D eigenvalue weighted by atomic mass is 16.5. The summed E-state index contributed by atoms with van der Waals surface area (Å²) in [7, 11) is 1.98. The van der Waals surface area contributed by atoms with Crippen LogP contribution in [0.3, 0.4) is 0 Å². The molecule has 1 atom stereocenters. The van der Waals surface area contributed by atoms with Crippen molar-refractivity contribution < 1.29 is 4.74 Å². The highest BCUT2D eigenvalue weighted by Crippen LogP contribution is 2.16. The Morgan fingerprint density at radius 1 is 1.18 bits per heavy atom. The minimum atomic E-state index is 0.294. The standard InChI is InChI=1S/C15H25NO/c1-5-17-11-15(16-4)14-8-6-13(7-9-14)10-12(2)3/h6-9,12,15-16H,5,10-11H2,1-4H3. The van der Waals surface area contributed by atoms with Crippen LogP contribution in [0.15, 0.2) is 24.3 Å². The first kappa shape index (κ1) is 14.2. The third-order valence-corrected chi connectivity index (χ3v) is 2.86. The van der Waals surface area contributed by atoms with Crippen LogP contribution >= 0.6 is 0 Å². The molecule has 0 aromatic heterocycles. The molecule has 0 heterocycles. The van der Waals surface area contributed by atoms with Gasteiger partial charge in [-0.25, -0.2) is 0 Å². The lowest BCUT2D eigenvalue weighted by Crippen LogP contribution is -2.21. The maximum atomic E-state index is 5.47. The Balaban J connectivity index is 2.64. The van der Waals surface area contributed by atoms with Gasteiger partial charge in [-0.3, -0.25) is 0 Å². The van der Waals surface area contributed by atoms with Crippen LogP contribution in [0.4, 0.5) is 0 Å². The van der Waals surface area contributed by atoms with Gasteiger partial charge in [0.15, 0.2) is 0 Å². The molecule has 0 spiro atoms. The topological polar surface area (TPSA) is 21.3 Å². The van der Waals surface area contributed by atoms with E-state index in [1.54, 1.807) is 0 Å². The summed E-state index contributed by atoms with van der Waals surface area (Å²) in [5.74, 6) is 0.712. The first-order valence-corrected chi connectivity index (χ1v) is 6.51. The number of nitrogens with one attached hydrogen (secondary N) is 1. The van der Waals surface area contributed by atoms with Gasteiger partial charge in [0.2, 0.25) is 0 Å². The van der Waals surface area contributed by atoms with Gasteiger partial charge in [-0.1, -0.05) is 38.1 Å². The molecule has 1 unspecified atom stereocenters. The van der Waals surface area contributed by atoms with Crippen molar-refractivity contribution >= 4 is 0 Å². The molecule has 1 N–H and O–H groups in total. The molecule has 0 saturated carbocycles. The van der Waals surface area contributed by atoms with Crippen LogP contribution in [-0.4, -0.2) is 20.3 Å². The lowest BCUT2D eigenvalue weighted by atomic mass is 10.00. The molecule has 0 aliphatic heterocycles. The van der Waals surface area contributed by atoms with Crippen LogP contribution in [0.5, 0.6) is 0 Å². The minimum absolute atomic E-state index is 0.294. The zero-order valence-corrected chi connectivity index (χ0v) is 11.5. The summed E-state index contributed by atoms with van der Waals surface area (Å²) in [5, 5.41) is 3.29. The summed E-state index contributed by atoms with van der Waals surface area (Å²) >= 11 is 0. The van der Waals surface area contributed by atoms with Gasteiger partial charge in [0.05, 0.1) is 12.6 Å². The first-order chi connectivity index (χ1) is 8.17. The molecule has 0 aliphatic rings. The van der Waals surface area contributed by atoms with Crippen molar-refractivity contribution in [2.45, 2.75) is 33.2 Å². The Morgan fingerprint density at radius 3 is 2.29 bits per heavy atom. The van der Waals surface area contributed by atoms with Crippen LogP contribution in [-0.2, 0) is 11.2 Å². The highest BCUT2D eigenvalue weighted by Gasteiger charge is 2.08. The summed E-state index contributed by atoms with van der Waals surface area (Å²) < 4.78 is 5.47. The van der Waals surface area contributed by atoms with Gasteiger partial charge in [0.1, 0.15) is 0 Å². The molecule has 2 heteroatoms. The zero-order chi connectivity index (χ0) is 12.7. The number of hydrogen-bond acceptors (Lipinski definition) is 2. The molecule has 0 saturated heterocycles. The van der Waals surface area contributed by atoms with E-state index in [-0.39, 0.29) is 0 Å². The van der Waals surface area contributed by atoms with E-state index in [1.807, 2.05) is 14.0 Å². The largest absolute Gasteiger partial charge is 0.380 e. The highest BCUT2D eigenvalue weighted by molar-refractivity contribution is 5.25. The van der Waals surface area contributed by atoms with Crippen molar-refractivity contribution in [1.82, 2.24) is 5.32 Å². The molecular formula is C15H25NO. The second-order valence-electron chi connectivity index (χ2n) is 4.84. The summed E-state index contributed by atoms with van der Waals surface area (Å²) in [6, 6.07) is 9.16. The maximum absolute atomic E-state index is 5.47. The van der Waals surface area contributed by atoms with Crippen LogP contribution < -0.4 is 5.32 Å². The zero-order valence-electron chi connectivity index (χ0n) is 11.5. The van der Waals surface area contributed by atoms with Crippen LogP contribution in [0, 0.1) is 5.92 Å². The average molecular weight is 235 g/mol. The molecule has 96 valence electrons. The van der Waals surface area contributed by atoms with E-state index in [0.717, 1.165) is 19.6 Å². The van der Waals surface area contributed by atoms with Crippen molar-refractivity contribution in [2.24, 2.45) is 5.92 Å². The molecule has 1 aromatic rings. The van der Waals surface area contributed by atoms with Crippen LogP contribution in [0.2, 0.25) is 0 Å². The second-order valence-corrected chi connectivity index (χ2v) is 4.84. The molecule has 2 nitrogen and oxygen atoms in total. The van der Waals surface area contributed by atoms with E-state index in [0.29, 0.717) is 12.0 Å². The summed E-state index contributed by atoms with van der Waals surface area (Å²) in [6.07, 6.45) is 1.15. The van der Waals surface area contributed by atoms with Crippen molar-refractivity contribution in [3.63, 3.8) is 0 Å². The molecular weight excluding hydrogens is 210 g/mol. The molecule has 0 aliphatic carbocycles. The average Bonchev–Trinajstić information content (AvgIpc) is 2.31. The number of benzene rings is 1. The molecule has 1 aromatic carbocycles. The summed E-state index contributed by atoms with van der Waals surface area (Å²) in [4.78, 5) is 0. The minimum Gasteiger partial charge on any atom is -0.380 e. The Morgan fingerprint density at radius 2 is 1.82 bits per heavy atom. The Hall–Kier alpha value is -0.860. The number of likely N-dealkylation sites (N-methyl/N-ethyl adjacent to an activating group) is 1. The van der Waals surface area contributed by atoms with Gasteiger partial charge in [-0.2, -0.15) is 0 Å². The fourth-order valence-electron chi connectivity index (χ4n) is 1.94. The van der Waals surface area contributed by atoms with Crippen molar-refractivity contribution in [3.05, 3.63) is 35.4 Å². The molecule has 1 rings (SSSR count). The second kappa shape index (κ2) is 7.46. The normalized spacial score (nSPS) is 13.0. The van der Waals surface area contributed by atoms with E-state index < -0.39 is 0 Å². The van der Waals surface area contributed by atoms with E-state index in [2.05, 4.69) is 43.4 Å². The van der Waals surface area contributed by atoms with E-state index in [1.165, 1.54) is 11.1 Å². The van der Waals surface area contributed by atoms with Gasteiger partial charge in [-0.15, -0.1) is 0 Å². The maximum Gasteiger partial charge on any atom is 0.0661 e. The fraction of sp³-hybridized carbons (Fsp3) is 0.600. The monoisotopic (exact) mass is 235 g/mol. The van der Waals surface area contributed by atoms with Crippen LogP contribution in [0.25, 0.3) is 0 Å². The van der Waals surface area contributed by atoms with Crippen molar-refractivity contribution in [3.8, 4) is 0 Å². The Kier molecular flexibility index (Phi) is 6.23. The predicted molar refractivity (Wildman–Crippen MR) is 73.3 cm³/mol. The molecule has 17 heavy (non-hydrogen) atoms. The summed E-state index contributed by atoms with van der Waals surface area (Å²) in [6.45, 7) is 8.03. The molecule has 0 amide bonds. The third kappa shape index (κ3) is 4.88. The van der Waals surface area contributed by atoms with Gasteiger partial charge in [0.25, 0.3) is 0 Å². The fourth-order valence-corrected chi connectivity index (χ4v) is 1.94.